The maximum atomic E-state index is 13.6. The predicted molar refractivity (Wildman–Crippen MR) is 98.1 cm³/mol. The SMILES string of the molecule is O=C(C1CC(C(F)(F)F)Cc2nn(Cc3ccc(Cl)nc3)c(=O)n21)N1CC(F)C(F)C1. The van der Waals surface area contributed by atoms with Crippen LogP contribution in [-0.2, 0) is 17.8 Å². The van der Waals surface area contributed by atoms with Gasteiger partial charge in [0, 0.05) is 12.6 Å². The van der Waals surface area contributed by atoms with Crippen molar-refractivity contribution in [3.63, 3.8) is 0 Å². The van der Waals surface area contributed by atoms with Crippen LogP contribution in [0.25, 0.3) is 0 Å². The number of nitrogens with zero attached hydrogens (tertiary/aromatic N) is 5. The maximum absolute atomic E-state index is 13.6. The molecule has 1 saturated heterocycles. The molecule has 31 heavy (non-hydrogen) atoms. The molecule has 0 radical (unpaired) electrons. The van der Waals surface area contributed by atoms with Crippen LogP contribution in [0.1, 0.15) is 23.9 Å². The van der Waals surface area contributed by atoms with Crippen molar-refractivity contribution in [2.24, 2.45) is 5.92 Å². The molecule has 2 aromatic heterocycles. The third kappa shape index (κ3) is 4.17. The Morgan fingerprint density at radius 3 is 2.45 bits per heavy atom. The summed E-state index contributed by atoms with van der Waals surface area (Å²) in [6.45, 7) is -1.23. The van der Waals surface area contributed by atoms with Gasteiger partial charge in [0.05, 0.1) is 25.6 Å². The Bertz CT molecular complexity index is 1030. The molecule has 0 aromatic carbocycles. The summed E-state index contributed by atoms with van der Waals surface area (Å²) < 4.78 is 69.4. The van der Waals surface area contributed by atoms with E-state index in [0.29, 0.717) is 5.56 Å². The number of pyridine rings is 1. The number of likely N-dealkylation sites (tertiary alicyclic amines) is 1. The first-order valence-electron chi connectivity index (χ1n) is 9.47. The van der Waals surface area contributed by atoms with E-state index in [9.17, 15) is 31.5 Å². The van der Waals surface area contributed by atoms with Crippen LogP contribution in [0.15, 0.2) is 23.1 Å². The summed E-state index contributed by atoms with van der Waals surface area (Å²) in [6.07, 6.45) is -8.34. The summed E-state index contributed by atoms with van der Waals surface area (Å²) in [5.41, 5.74) is -0.256. The van der Waals surface area contributed by atoms with Crippen molar-refractivity contribution >= 4 is 17.5 Å². The number of carbonyl (C=O) groups is 1. The normalized spacial score (nSPS) is 26.2. The van der Waals surface area contributed by atoms with E-state index in [2.05, 4.69) is 10.1 Å². The van der Waals surface area contributed by atoms with Crippen molar-refractivity contribution < 1.29 is 26.7 Å². The highest BCUT2D eigenvalue weighted by atomic mass is 35.5. The number of aromatic nitrogens is 4. The summed E-state index contributed by atoms with van der Waals surface area (Å²) in [7, 11) is 0. The van der Waals surface area contributed by atoms with E-state index in [1.54, 1.807) is 6.07 Å². The first-order chi connectivity index (χ1) is 14.5. The van der Waals surface area contributed by atoms with Gasteiger partial charge in [0.15, 0.2) is 12.3 Å². The second-order valence-corrected chi connectivity index (χ2v) is 8.07. The van der Waals surface area contributed by atoms with Crippen LogP contribution in [0.3, 0.4) is 0 Å². The molecule has 2 aliphatic heterocycles. The Morgan fingerprint density at radius 2 is 1.87 bits per heavy atom. The van der Waals surface area contributed by atoms with E-state index in [1.807, 2.05) is 0 Å². The van der Waals surface area contributed by atoms with Crippen molar-refractivity contribution in [3.8, 4) is 0 Å². The van der Waals surface area contributed by atoms with Gasteiger partial charge < -0.3 is 4.90 Å². The molecule has 4 rings (SSSR count). The molecule has 1 fully saturated rings. The zero-order chi connectivity index (χ0) is 22.5. The minimum atomic E-state index is -4.63. The lowest BCUT2D eigenvalue weighted by atomic mass is 9.91. The molecular formula is C18H17ClF5N5O2. The second-order valence-electron chi connectivity index (χ2n) is 7.68. The molecule has 0 N–H and O–H groups in total. The monoisotopic (exact) mass is 465 g/mol. The Labute approximate surface area is 177 Å². The number of carbonyl (C=O) groups excluding carboxylic acids is 1. The van der Waals surface area contributed by atoms with Gasteiger partial charge in [-0.15, -0.1) is 0 Å². The molecule has 1 amide bonds. The van der Waals surface area contributed by atoms with Gasteiger partial charge in [-0.25, -0.2) is 23.2 Å². The van der Waals surface area contributed by atoms with Gasteiger partial charge >= 0.3 is 11.9 Å². The largest absolute Gasteiger partial charge is 0.392 e. The molecule has 0 bridgehead atoms. The van der Waals surface area contributed by atoms with E-state index in [0.717, 1.165) is 14.1 Å². The Morgan fingerprint density at radius 1 is 1.19 bits per heavy atom. The van der Waals surface area contributed by atoms with Gasteiger partial charge in [-0.3, -0.25) is 9.36 Å². The van der Waals surface area contributed by atoms with E-state index >= 15 is 0 Å². The summed E-state index contributed by atoms with van der Waals surface area (Å²) in [6, 6.07) is 1.52. The van der Waals surface area contributed by atoms with Crippen LogP contribution in [-0.4, -0.2) is 61.7 Å². The Hall–Kier alpha value is -2.50. The molecule has 13 heteroatoms. The highest BCUT2D eigenvalue weighted by molar-refractivity contribution is 6.29. The van der Waals surface area contributed by atoms with Crippen LogP contribution in [0.2, 0.25) is 5.15 Å². The second kappa shape index (κ2) is 7.88. The number of amides is 1. The average Bonchev–Trinajstić information content (AvgIpc) is 3.21. The van der Waals surface area contributed by atoms with Gasteiger partial charge in [-0.1, -0.05) is 17.7 Å². The zero-order valence-corrected chi connectivity index (χ0v) is 16.7. The van der Waals surface area contributed by atoms with Gasteiger partial charge in [-0.2, -0.15) is 18.3 Å². The highest BCUT2D eigenvalue weighted by Crippen LogP contribution is 2.39. The highest BCUT2D eigenvalue weighted by Gasteiger charge is 2.49. The quantitative estimate of drug-likeness (QED) is 0.515. The van der Waals surface area contributed by atoms with Gasteiger partial charge in [0.25, 0.3) is 0 Å². The number of rotatable bonds is 3. The molecule has 4 unspecified atom stereocenters. The molecule has 168 valence electrons. The van der Waals surface area contributed by atoms with Gasteiger partial charge in [0.2, 0.25) is 5.91 Å². The third-order valence-corrected chi connectivity index (χ3v) is 5.78. The molecule has 2 aromatic rings. The van der Waals surface area contributed by atoms with Crippen molar-refractivity contribution in [1.29, 1.82) is 0 Å². The number of hydrogen-bond acceptors (Lipinski definition) is 4. The fourth-order valence-electron chi connectivity index (χ4n) is 3.95. The van der Waals surface area contributed by atoms with E-state index in [1.165, 1.54) is 12.3 Å². The van der Waals surface area contributed by atoms with E-state index in [4.69, 9.17) is 11.6 Å². The summed E-state index contributed by atoms with van der Waals surface area (Å²) in [5, 5.41) is 4.23. The van der Waals surface area contributed by atoms with Crippen molar-refractivity contribution in [2.45, 2.75) is 43.9 Å². The molecule has 0 spiro atoms. The van der Waals surface area contributed by atoms with E-state index < -0.39 is 68.0 Å². The summed E-state index contributed by atoms with van der Waals surface area (Å²) >= 11 is 5.72. The minimum Gasteiger partial charge on any atom is -0.335 e. The third-order valence-electron chi connectivity index (χ3n) is 5.55. The molecular weight excluding hydrogens is 449 g/mol. The van der Waals surface area contributed by atoms with Crippen molar-refractivity contribution in [2.75, 3.05) is 13.1 Å². The fraction of sp³-hybridized carbons (Fsp3) is 0.556. The zero-order valence-electron chi connectivity index (χ0n) is 15.9. The minimum absolute atomic E-state index is 0.0938. The fourth-order valence-corrected chi connectivity index (χ4v) is 4.06. The molecule has 2 aliphatic rings. The number of hydrogen-bond donors (Lipinski definition) is 0. The predicted octanol–water partition coefficient (Wildman–Crippen LogP) is 2.33. The Balaban J connectivity index is 1.69. The first kappa shape index (κ1) is 21.7. The number of fused-ring (bicyclic) bond motifs is 1. The van der Waals surface area contributed by atoms with Crippen LogP contribution in [0.5, 0.6) is 0 Å². The van der Waals surface area contributed by atoms with Crippen LogP contribution in [0.4, 0.5) is 22.0 Å². The lowest BCUT2D eigenvalue weighted by Crippen LogP contribution is -2.45. The molecule has 0 saturated carbocycles. The molecule has 0 aliphatic carbocycles. The lowest BCUT2D eigenvalue weighted by molar-refractivity contribution is -0.183. The van der Waals surface area contributed by atoms with E-state index in [-0.39, 0.29) is 17.5 Å². The lowest BCUT2D eigenvalue weighted by Gasteiger charge is -2.32. The summed E-state index contributed by atoms with van der Waals surface area (Å²) in [5.74, 6) is -3.04. The molecule has 4 atom stereocenters. The van der Waals surface area contributed by atoms with Crippen LogP contribution >= 0.6 is 11.6 Å². The van der Waals surface area contributed by atoms with Crippen molar-refractivity contribution in [3.05, 3.63) is 45.4 Å². The smallest absolute Gasteiger partial charge is 0.335 e. The molecule has 4 heterocycles. The Kier molecular flexibility index (Phi) is 5.52. The topological polar surface area (TPSA) is 73.0 Å². The molecule has 7 nitrogen and oxygen atoms in total. The first-order valence-corrected chi connectivity index (χ1v) is 9.84. The van der Waals surface area contributed by atoms with Gasteiger partial charge in [0.1, 0.15) is 17.0 Å². The van der Waals surface area contributed by atoms with Crippen molar-refractivity contribution in [1.82, 2.24) is 24.2 Å². The number of alkyl halides is 5. The number of halogens is 6. The van der Waals surface area contributed by atoms with Gasteiger partial charge in [-0.05, 0) is 18.1 Å². The standard InChI is InChI=1S/C18H17ClF5N5O2/c19-14-2-1-9(5-25-14)6-28-17(31)29-13(16(30)27-7-11(20)12(21)8-27)3-10(18(22,23)24)4-15(29)26-28/h1-2,5,10-13H,3-4,6-8H2. The summed E-state index contributed by atoms with van der Waals surface area (Å²) in [4.78, 5) is 30.5. The average molecular weight is 466 g/mol. The maximum Gasteiger partial charge on any atom is 0.392 e. The van der Waals surface area contributed by atoms with Crippen LogP contribution in [0, 0.1) is 5.92 Å². The van der Waals surface area contributed by atoms with Crippen LogP contribution < -0.4 is 5.69 Å².